The van der Waals surface area contributed by atoms with Gasteiger partial charge >= 0.3 is 5.97 Å². The smallest absolute Gasteiger partial charge is 0.334 e. The maximum atomic E-state index is 10.9. The number of hydrogen-bond donors (Lipinski definition) is 0. The summed E-state index contributed by atoms with van der Waals surface area (Å²) in [6.07, 6.45) is 0. The van der Waals surface area contributed by atoms with Crippen LogP contribution in [0.3, 0.4) is 0 Å². The zero-order chi connectivity index (χ0) is 8.72. The van der Waals surface area contributed by atoms with Crippen molar-refractivity contribution in [1.82, 2.24) is 0 Å². The lowest BCUT2D eigenvalue weighted by atomic mass is 10.2. The summed E-state index contributed by atoms with van der Waals surface area (Å²) in [6.45, 7) is 0. The Morgan fingerprint density at radius 1 is 1.42 bits per heavy atom. The Kier molecular flexibility index (Phi) is 1.74. The second kappa shape index (κ2) is 2.64. The summed E-state index contributed by atoms with van der Waals surface area (Å²) in [4.78, 5) is 10.9. The highest BCUT2D eigenvalue weighted by atomic mass is 35.5. The van der Waals surface area contributed by atoms with Crippen molar-refractivity contribution in [3.63, 3.8) is 0 Å². The first-order chi connectivity index (χ1) is 5.68. The minimum atomic E-state index is -0.710. The van der Waals surface area contributed by atoms with Crippen LogP contribution in [0, 0.1) is 0 Å². The van der Waals surface area contributed by atoms with Crippen molar-refractivity contribution in [2.24, 2.45) is 0 Å². The SMILES string of the molecule is O=C1Oc2ccc(Cl)cc2C1Cl. The molecule has 0 saturated heterocycles. The number of halogens is 2. The molecule has 0 amide bonds. The third-order valence-electron chi connectivity index (χ3n) is 1.66. The van der Waals surface area contributed by atoms with E-state index in [9.17, 15) is 4.79 Å². The summed E-state index contributed by atoms with van der Waals surface area (Å²) in [6, 6.07) is 4.93. The molecule has 1 heterocycles. The normalized spacial score (nSPS) is 20.5. The number of hydrogen-bond acceptors (Lipinski definition) is 2. The number of fused-ring (bicyclic) bond motifs is 1. The van der Waals surface area contributed by atoms with Crippen molar-refractivity contribution < 1.29 is 9.53 Å². The Balaban J connectivity index is 2.55. The zero-order valence-corrected chi connectivity index (χ0v) is 7.39. The quantitative estimate of drug-likeness (QED) is 0.368. The Hall–Kier alpha value is -0.730. The van der Waals surface area contributed by atoms with Gasteiger partial charge in [0, 0.05) is 10.6 Å². The Labute approximate surface area is 79.0 Å². The molecule has 0 N–H and O–H groups in total. The van der Waals surface area contributed by atoms with E-state index in [1.165, 1.54) is 0 Å². The van der Waals surface area contributed by atoms with Gasteiger partial charge in [0.1, 0.15) is 5.75 Å². The van der Waals surface area contributed by atoms with E-state index < -0.39 is 11.3 Å². The third-order valence-corrected chi connectivity index (χ3v) is 2.31. The van der Waals surface area contributed by atoms with Crippen LogP contribution >= 0.6 is 23.2 Å². The molecule has 1 aliphatic heterocycles. The predicted molar refractivity (Wildman–Crippen MR) is 45.7 cm³/mol. The van der Waals surface area contributed by atoms with Crippen molar-refractivity contribution in [1.29, 1.82) is 0 Å². The Bertz CT molecular complexity index is 349. The van der Waals surface area contributed by atoms with Crippen molar-refractivity contribution in [2.45, 2.75) is 5.38 Å². The summed E-state index contributed by atoms with van der Waals surface area (Å²) in [5, 5.41) is -0.156. The average molecular weight is 203 g/mol. The third kappa shape index (κ3) is 1.08. The van der Waals surface area contributed by atoms with Gasteiger partial charge in [0.15, 0.2) is 5.38 Å². The first-order valence-electron chi connectivity index (χ1n) is 3.33. The molecule has 0 aromatic heterocycles. The van der Waals surface area contributed by atoms with Gasteiger partial charge in [0.2, 0.25) is 0 Å². The molecule has 0 saturated carbocycles. The minimum Gasteiger partial charge on any atom is -0.425 e. The lowest BCUT2D eigenvalue weighted by Crippen LogP contribution is -2.03. The van der Waals surface area contributed by atoms with Crippen LogP contribution < -0.4 is 4.74 Å². The molecule has 4 heteroatoms. The van der Waals surface area contributed by atoms with Crippen molar-refractivity contribution in [3.05, 3.63) is 28.8 Å². The van der Waals surface area contributed by atoms with Crippen LogP contribution in [0.1, 0.15) is 10.9 Å². The lowest BCUT2D eigenvalue weighted by molar-refractivity contribution is -0.132. The molecule has 12 heavy (non-hydrogen) atoms. The summed E-state index contributed by atoms with van der Waals surface area (Å²) in [5.41, 5.74) is 0.647. The topological polar surface area (TPSA) is 26.3 Å². The predicted octanol–water partition coefficient (Wildman–Crippen LogP) is 2.54. The van der Waals surface area contributed by atoms with Crippen LogP contribution in [0.4, 0.5) is 0 Å². The van der Waals surface area contributed by atoms with Gasteiger partial charge in [-0.2, -0.15) is 0 Å². The van der Waals surface area contributed by atoms with Gasteiger partial charge in [-0.15, -0.1) is 11.6 Å². The molecule has 1 aromatic rings. The van der Waals surface area contributed by atoms with E-state index in [1.54, 1.807) is 18.2 Å². The molecular weight excluding hydrogens is 199 g/mol. The molecule has 62 valence electrons. The van der Waals surface area contributed by atoms with Gasteiger partial charge in [-0.05, 0) is 18.2 Å². The van der Waals surface area contributed by atoms with Crippen LogP contribution in [0.2, 0.25) is 5.02 Å². The molecule has 1 aliphatic rings. The van der Waals surface area contributed by atoms with Gasteiger partial charge < -0.3 is 4.74 Å². The maximum Gasteiger partial charge on any atom is 0.334 e. The van der Waals surface area contributed by atoms with Crippen LogP contribution in [-0.4, -0.2) is 5.97 Å². The van der Waals surface area contributed by atoms with Gasteiger partial charge in [0.25, 0.3) is 0 Å². The molecule has 2 nitrogen and oxygen atoms in total. The Morgan fingerprint density at radius 3 is 2.92 bits per heavy atom. The number of benzene rings is 1. The average Bonchev–Trinajstić information content (AvgIpc) is 2.31. The molecule has 0 fully saturated rings. The van der Waals surface area contributed by atoms with Crippen molar-refractivity contribution in [2.75, 3.05) is 0 Å². The molecule has 0 bridgehead atoms. The van der Waals surface area contributed by atoms with E-state index in [0.717, 1.165) is 0 Å². The minimum absolute atomic E-state index is 0.436. The standard InChI is InChI=1S/C8H4Cl2O2/c9-4-1-2-6-5(3-4)7(10)8(11)12-6/h1-3,7H. The molecule has 0 aliphatic carbocycles. The van der Waals surface area contributed by atoms with Gasteiger partial charge in [0.05, 0.1) is 0 Å². The highest BCUT2D eigenvalue weighted by molar-refractivity contribution is 6.33. The summed E-state index contributed by atoms with van der Waals surface area (Å²) in [7, 11) is 0. The van der Waals surface area contributed by atoms with Gasteiger partial charge in [-0.25, -0.2) is 4.79 Å². The second-order valence-electron chi connectivity index (χ2n) is 2.47. The number of alkyl halides is 1. The molecule has 0 radical (unpaired) electrons. The highest BCUT2D eigenvalue weighted by Crippen LogP contribution is 2.38. The van der Waals surface area contributed by atoms with Crippen LogP contribution in [0.15, 0.2) is 18.2 Å². The first-order valence-corrected chi connectivity index (χ1v) is 4.15. The number of carbonyl (C=O) groups excluding carboxylic acids is 1. The van der Waals surface area contributed by atoms with E-state index in [2.05, 4.69) is 0 Å². The summed E-state index contributed by atoms with van der Waals surface area (Å²) in [5.74, 6) is 0.0679. The Morgan fingerprint density at radius 2 is 2.17 bits per heavy atom. The van der Waals surface area contributed by atoms with Gasteiger partial charge in [-0.1, -0.05) is 11.6 Å². The number of carbonyl (C=O) groups is 1. The summed E-state index contributed by atoms with van der Waals surface area (Å²) < 4.78 is 4.84. The number of rotatable bonds is 0. The number of ether oxygens (including phenoxy) is 1. The molecule has 2 rings (SSSR count). The highest BCUT2D eigenvalue weighted by Gasteiger charge is 2.31. The van der Waals surface area contributed by atoms with Crippen molar-refractivity contribution in [3.8, 4) is 5.75 Å². The zero-order valence-electron chi connectivity index (χ0n) is 5.88. The first kappa shape index (κ1) is 7.90. The molecular formula is C8H4Cl2O2. The van der Waals surface area contributed by atoms with E-state index in [-0.39, 0.29) is 0 Å². The van der Waals surface area contributed by atoms with Gasteiger partial charge in [-0.3, -0.25) is 0 Å². The molecule has 0 spiro atoms. The van der Waals surface area contributed by atoms with Crippen LogP contribution in [0.25, 0.3) is 0 Å². The fraction of sp³-hybridized carbons (Fsp3) is 0.125. The fourth-order valence-electron chi connectivity index (χ4n) is 1.10. The lowest BCUT2D eigenvalue weighted by Gasteiger charge is -1.96. The largest absolute Gasteiger partial charge is 0.425 e. The summed E-state index contributed by atoms with van der Waals surface area (Å²) >= 11 is 11.4. The van der Waals surface area contributed by atoms with E-state index in [1.807, 2.05) is 0 Å². The second-order valence-corrected chi connectivity index (χ2v) is 3.34. The van der Waals surface area contributed by atoms with Crippen molar-refractivity contribution >= 4 is 29.2 Å². The molecule has 1 atom stereocenters. The fourth-order valence-corrected chi connectivity index (χ4v) is 1.49. The van der Waals surface area contributed by atoms with E-state index >= 15 is 0 Å². The number of esters is 1. The van der Waals surface area contributed by atoms with Crippen LogP contribution in [0.5, 0.6) is 5.75 Å². The molecule has 1 unspecified atom stereocenters. The van der Waals surface area contributed by atoms with E-state index in [4.69, 9.17) is 27.9 Å². The monoisotopic (exact) mass is 202 g/mol. The van der Waals surface area contributed by atoms with E-state index in [0.29, 0.717) is 16.3 Å². The van der Waals surface area contributed by atoms with Crippen LogP contribution in [-0.2, 0) is 4.79 Å². The maximum absolute atomic E-state index is 10.9. The molecule has 1 aromatic carbocycles.